The molecule has 0 radical (unpaired) electrons. The molecule has 0 amide bonds. The first-order valence-electron chi connectivity index (χ1n) is 7.45. The van der Waals surface area contributed by atoms with Gasteiger partial charge in [-0.2, -0.15) is 0 Å². The molecule has 24 heavy (non-hydrogen) atoms. The summed E-state index contributed by atoms with van der Waals surface area (Å²) in [7, 11) is 3.25. The van der Waals surface area contributed by atoms with Crippen molar-refractivity contribution in [2.45, 2.75) is 13.1 Å². The fourth-order valence-corrected chi connectivity index (χ4v) is 2.74. The Morgan fingerprint density at radius 2 is 1.67 bits per heavy atom. The number of hydrogen-bond acceptors (Lipinski definition) is 4. The minimum absolute atomic E-state index is 0.262. The molecule has 5 heteroatoms. The monoisotopic (exact) mass is 389 g/mol. The van der Waals surface area contributed by atoms with Crippen LogP contribution in [0.25, 0.3) is 0 Å². The van der Waals surface area contributed by atoms with Gasteiger partial charge in [-0.1, -0.05) is 40.0 Å². The lowest BCUT2D eigenvalue weighted by molar-refractivity contribution is 0.354. The van der Waals surface area contributed by atoms with Crippen LogP contribution in [0, 0.1) is 12.3 Å². The van der Waals surface area contributed by atoms with Crippen molar-refractivity contribution in [2.75, 3.05) is 20.8 Å². The molecule has 126 valence electrons. The van der Waals surface area contributed by atoms with Gasteiger partial charge in [0.15, 0.2) is 11.5 Å². The summed E-state index contributed by atoms with van der Waals surface area (Å²) in [5.74, 6) is 4.68. The highest BCUT2D eigenvalue weighted by molar-refractivity contribution is 9.10. The third-order valence-electron chi connectivity index (χ3n) is 3.47. The first-order valence-corrected chi connectivity index (χ1v) is 8.24. The first-order chi connectivity index (χ1) is 11.7. The van der Waals surface area contributed by atoms with Crippen LogP contribution in [0.15, 0.2) is 40.9 Å². The molecule has 0 aromatic heterocycles. The normalized spacial score (nSPS) is 10.1. The van der Waals surface area contributed by atoms with Crippen LogP contribution in [-0.4, -0.2) is 20.8 Å². The quantitative estimate of drug-likeness (QED) is 0.697. The maximum Gasteiger partial charge on any atom is 0.161 e. The second kappa shape index (κ2) is 9.21. The summed E-state index contributed by atoms with van der Waals surface area (Å²) >= 11 is 3.56. The molecule has 0 aliphatic rings. The van der Waals surface area contributed by atoms with E-state index in [1.54, 1.807) is 14.2 Å². The zero-order valence-corrected chi connectivity index (χ0v) is 15.4. The van der Waals surface area contributed by atoms with Crippen LogP contribution in [0.1, 0.15) is 11.1 Å². The molecular weight excluding hydrogens is 370 g/mol. The minimum Gasteiger partial charge on any atom is -0.493 e. The Morgan fingerprint density at radius 1 is 1.00 bits per heavy atom. The largest absolute Gasteiger partial charge is 0.493 e. The highest BCUT2D eigenvalue weighted by Crippen LogP contribution is 2.33. The van der Waals surface area contributed by atoms with Gasteiger partial charge in [-0.05, 0) is 23.8 Å². The van der Waals surface area contributed by atoms with Crippen LogP contribution < -0.4 is 19.5 Å². The van der Waals surface area contributed by atoms with Crippen molar-refractivity contribution in [1.82, 2.24) is 5.32 Å². The Labute approximate surface area is 151 Å². The van der Waals surface area contributed by atoms with Crippen LogP contribution in [0.4, 0.5) is 0 Å². The van der Waals surface area contributed by atoms with E-state index < -0.39 is 0 Å². The predicted octanol–water partition coefficient (Wildman–Crippen LogP) is 3.77. The predicted molar refractivity (Wildman–Crippen MR) is 98.6 cm³/mol. The van der Waals surface area contributed by atoms with E-state index >= 15 is 0 Å². The number of para-hydroxylation sites is 1. The van der Waals surface area contributed by atoms with E-state index in [2.05, 4.69) is 27.2 Å². The molecule has 0 aliphatic heterocycles. The van der Waals surface area contributed by atoms with E-state index in [1.165, 1.54) is 0 Å². The summed E-state index contributed by atoms with van der Waals surface area (Å²) in [6, 6.07) is 11.7. The lowest BCUT2D eigenvalue weighted by Crippen LogP contribution is -2.14. The average molecular weight is 390 g/mol. The number of rotatable bonds is 8. The zero-order valence-electron chi connectivity index (χ0n) is 13.8. The van der Waals surface area contributed by atoms with Crippen LogP contribution in [0.2, 0.25) is 0 Å². The van der Waals surface area contributed by atoms with Crippen LogP contribution in [-0.2, 0) is 13.1 Å². The first kappa shape index (κ1) is 18.2. The molecule has 1 N–H and O–H groups in total. The van der Waals surface area contributed by atoms with Gasteiger partial charge in [0.25, 0.3) is 0 Å². The Hall–Kier alpha value is -2.16. The molecule has 0 aliphatic carbocycles. The van der Waals surface area contributed by atoms with E-state index in [0.717, 1.165) is 21.3 Å². The van der Waals surface area contributed by atoms with Gasteiger partial charge in [-0.15, -0.1) is 6.42 Å². The van der Waals surface area contributed by atoms with E-state index in [4.69, 9.17) is 20.6 Å². The second-order valence-electron chi connectivity index (χ2n) is 5.00. The van der Waals surface area contributed by atoms with Gasteiger partial charge in [0, 0.05) is 23.1 Å². The van der Waals surface area contributed by atoms with Gasteiger partial charge in [0.2, 0.25) is 0 Å². The van der Waals surface area contributed by atoms with Crippen molar-refractivity contribution in [1.29, 1.82) is 0 Å². The zero-order chi connectivity index (χ0) is 17.4. The van der Waals surface area contributed by atoms with Crippen molar-refractivity contribution in [3.63, 3.8) is 0 Å². The second-order valence-corrected chi connectivity index (χ2v) is 5.86. The number of nitrogens with one attached hydrogen (secondary N) is 1. The average Bonchev–Trinajstić information content (AvgIpc) is 2.61. The Bertz CT molecular complexity index is 725. The summed E-state index contributed by atoms with van der Waals surface area (Å²) in [4.78, 5) is 0. The van der Waals surface area contributed by atoms with Crippen LogP contribution in [0.5, 0.6) is 17.2 Å². The number of benzene rings is 2. The summed E-state index contributed by atoms with van der Waals surface area (Å²) in [5, 5.41) is 3.41. The van der Waals surface area contributed by atoms with Gasteiger partial charge in [-0.25, -0.2) is 0 Å². The maximum atomic E-state index is 5.56. The fourth-order valence-electron chi connectivity index (χ4n) is 2.27. The summed E-state index contributed by atoms with van der Waals surface area (Å²) in [6.45, 7) is 1.60. The molecule has 0 fully saturated rings. The summed E-state index contributed by atoms with van der Waals surface area (Å²) in [6.07, 6.45) is 5.25. The van der Waals surface area contributed by atoms with E-state index in [-0.39, 0.29) is 6.61 Å². The van der Waals surface area contributed by atoms with Crippen molar-refractivity contribution in [3.8, 4) is 29.6 Å². The number of hydrogen-bond donors (Lipinski definition) is 1. The molecular formula is C19H20BrNO3. The SMILES string of the molecule is C#CCOc1ccccc1CNCc1cc(OC)c(OC)cc1Br. The lowest BCUT2D eigenvalue weighted by Gasteiger charge is -2.14. The van der Waals surface area contributed by atoms with Crippen molar-refractivity contribution < 1.29 is 14.2 Å². The topological polar surface area (TPSA) is 39.7 Å². The van der Waals surface area contributed by atoms with Crippen molar-refractivity contribution >= 4 is 15.9 Å². The highest BCUT2D eigenvalue weighted by Gasteiger charge is 2.10. The van der Waals surface area contributed by atoms with Crippen LogP contribution in [0.3, 0.4) is 0 Å². The maximum absolute atomic E-state index is 5.56. The molecule has 0 saturated carbocycles. The molecule has 2 rings (SSSR count). The Kier molecular flexibility index (Phi) is 6.98. The van der Waals surface area contributed by atoms with Gasteiger partial charge in [0.05, 0.1) is 14.2 Å². The third kappa shape index (κ3) is 4.67. The Morgan fingerprint density at radius 3 is 2.38 bits per heavy atom. The highest BCUT2D eigenvalue weighted by atomic mass is 79.9. The van der Waals surface area contributed by atoms with Crippen LogP contribution >= 0.6 is 15.9 Å². The van der Waals surface area contributed by atoms with E-state index in [0.29, 0.717) is 24.6 Å². The number of halogens is 1. The smallest absolute Gasteiger partial charge is 0.161 e. The Balaban J connectivity index is 2.04. The standard InChI is InChI=1S/C19H20BrNO3/c1-4-9-24-17-8-6-5-7-14(17)12-21-13-15-10-18(22-2)19(23-3)11-16(15)20/h1,5-8,10-11,21H,9,12-13H2,2-3H3. The van der Waals surface area contributed by atoms with Crippen molar-refractivity contribution in [3.05, 3.63) is 52.0 Å². The summed E-state index contributed by atoms with van der Waals surface area (Å²) in [5.41, 5.74) is 2.14. The molecule has 0 bridgehead atoms. The van der Waals surface area contributed by atoms with E-state index in [9.17, 15) is 0 Å². The van der Waals surface area contributed by atoms with Gasteiger partial charge in [-0.3, -0.25) is 0 Å². The molecule has 0 saturated heterocycles. The molecule has 4 nitrogen and oxygen atoms in total. The molecule has 2 aromatic carbocycles. The van der Waals surface area contributed by atoms with Gasteiger partial charge in [0.1, 0.15) is 12.4 Å². The van der Waals surface area contributed by atoms with Crippen molar-refractivity contribution in [2.24, 2.45) is 0 Å². The molecule has 0 spiro atoms. The lowest BCUT2D eigenvalue weighted by atomic mass is 10.1. The number of terminal acetylenes is 1. The third-order valence-corrected chi connectivity index (χ3v) is 4.21. The van der Waals surface area contributed by atoms with E-state index in [1.807, 2.05) is 36.4 Å². The van der Waals surface area contributed by atoms with Gasteiger partial charge < -0.3 is 19.5 Å². The fraction of sp³-hybridized carbons (Fsp3) is 0.263. The number of methoxy groups -OCH3 is 2. The molecule has 0 heterocycles. The summed E-state index contributed by atoms with van der Waals surface area (Å²) < 4.78 is 17.2. The molecule has 2 aromatic rings. The molecule has 0 atom stereocenters. The molecule has 0 unspecified atom stereocenters. The minimum atomic E-state index is 0.262. The van der Waals surface area contributed by atoms with Gasteiger partial charge >= 0.3 is 0 Å². The number of ether oxygens (including phenoxy) is 3.